The minimum absolute atomic E-state index is 0.0133. The van der Waals surface area contributed by atoms with Crippen LogP contribution in [-0.2, 0) is 16.1 Å². The van der Waals surface area contributed by atoms with Crippen molar-refractivity contribution in [3.63, 3.8) is 0 Å². The van der Waals surface area contributed by atoms with Gasteiger partial charge in [0.2, 0.25) is 5.91 Å². The summed E-state index contributed by atoms with van der Waals surface area (Å²) in [5, 5.41) is 8.22. The van der Waals surface area contributed by atoms with Crippen LogP contribution in [0, 0.1) is 5.92 Å². The number of nitrogens with one attached hydrogen (secondary N) is 3. The van der Waals surface area contributed by atoms with Crippen LogP contribution in [0.4, 0.5) is 10.5 Å². The quantitative estimate of drug-likeness (QED) is 0.599. The van der Waals surface area contributed by atoms with Crippen molar-refractivity contribution in [1.82, 2.24) is 15.5 Å². The van der Waals surface area contributed by atoms with Gasteiger partial charge in [0.1, 0.15) is 17.8 Å². The van der Waals surface area contributed by atoms with Crippen molar-refractivity contribution in [1.29, 1.82) is 0 Å². The predicted molar refractivity (Wildman–Crippen MR) is 116 cm³/mol. The first-order chi connectivity index (χ1) is 15.4. The van der Waals surface area contributed by atoms with Gasteiger partial charge in [-0.3, -0.25) is 19.3 Å². The Labute approximate surface area is 185 Å². The summed E-state index contributed by atoms with van der Waals surface area (Å²) in [5.41, 5.74) is -0.358. The fourth-order valence-electron chi connectivity index (χ4n) is 4.44. The third-order valence-corrected chi connectivity index (χ3v) is 6.25. The van der Waals surface area contributed by atoms with Crippen LogP contribution in [0.1, 0.15) is 48.7 Å². The van der Waals surface area contributed by atoms with Gasteiger partial charge in [0, 0.05) is 0 Å². The Kier molecular flexibility index (Phi) is 5.98. The summed E-state index contributed by atoms with van der Waals surface area (Å²) in [6, 6.07) is 9.46. The average Bonchev–Trinajstić information content (AvgIpc) is 3.38. The molecular weight excluding hydrogens is 412 g/mol. The summed E-state index contributed by atoms with van der Waals surface area (Å²) in [4.78, 5) is 51.8. The lowest BCUT2D eigenvalue weighted by molar-refractivity contribution is -0.136. The largest absolute Gasteiger partial charge is 0.467 e. The van der Waals surface area contributed by atoms with E-state index in [9.17, 15) is 19.2 Å². The molecule has 2 fully saturated rings. The van der Waals surface area contributed by atoms with Crippen LogP contribution in [0.15, 0.2) is 47.1 Å². The van der Waals surface area contributed by atoms with Crippen LogP contribution in [-0.4, -0.2) is 40.7 Å². The average molecular weight is 438 g/mol. The Bertz CT molecular complexity index is 1030. The maximum absolute atomic E-state index is 13.1. The van der Waals surface area contributed by atoms with Gasteiger partial charge in [0.15, 0.2) is 0 Å². The Balaban J connectivity index is 1.42. The number of carbonyl (C=O) groups is 4. The number of anilines is 1. The topological polar surface area (TPSA) is 121 Å². The van der Waals surface area contributed by atoms with E-state index in [1.165, 1.54) is 6.26 Å². The van der Waals surface area contributed by atoms with E-state index in [-0.39, 0.29) is 29.8 Å². The zero-order chi connectivity index (χ0) is 22.7. The van der Waals surface area contributed by atoms with Crippen LogP contribution in [0.25, 0.3) is 0 Å². The number of para-hydroxylation sites is 1. The standard InChI is InChI=1S/C23H26N4O5/c1-15-7-4-5-11-23(15)21(30)27(22(31)26-23)14-19(28)25-18-10-3-2-9-17(18)20(29)24-13-16-8-6-12-32-16/h2-3,6,8-10,12,15H,4-5,7,11,13-14H2,1H3,(H,24,29)(H,25,28)(H,26,31)/t15-,23+/m1/s1. The van der Waals surface area contributed by atoms with Gasteiger partial charge in [-0.15, -0.1) is 0 Å². The van der Waals surface area contributed by atoms with Crippen molar-refractivity contribution < 1.29 is 23.6 Å². The SMILES string of the molecule is C[C@@H]1CCCC[C@]12NC(=O)N(CC(=O)Nc1ccccc1C(=O)NCc1ccco1)C2=O. The van der Waals surface area contributed by atoms with E-state index in [1.54, 1.807) is 36.4 Å². The Morgan fingerprint density at radius 2 is 2.00 bits per heavy atom. The number of furan rings is 1. The molecule has 1 aromatic carbocycles. The minimum atomic E-state index is -0.917. The monoisotopic (exact) mass is 438 g/mol. The van der Waals surface area contributed by atoms with Crippen LogP contribution in [0.3, 0.4) is 0 Å². The number of urea groups is 1. The number of carbonyl (C=O) groups excluding carboxylic acids is 4. The summed E-state index contributed by atoms with van der Waals surface area (Å²) in [5.74, 6) is -0.680. The van der Waals surface area contributed by atoms with Gasteiger partial charge >= 0.3 is 6.03 Å². The Hall–Kier alpha value is -3.62. The maximum atomic E-state index is 13.1. The highest BCUT2D eigenvalue weighted by atomic mass is 16.3. The number of imide groups is 1. The lowest BCUT2D eigenvalue weighted by Crippen LogP contribution is -2.54. The van der Waals surface area contributed by atoms with Crippen molar-refractivity contribution in [2.75, 3.05) is 11.9 Å². The fraction of sp³-hybridized carbons (Fsp3) is 0.391. The molecule has 0 bridgehead atoms. The second-order valence-corrected chi connectivity index (χ2v) is 8.30. The van der Waals surface area contributed by atoms with Gasteiger partial charge in [-0.2, -0.15) is 0 Å². The molecule has 1 aromatic heterocycles. The minimum Gasteiger partial charge on any atom is -0.467 e. The lowest BCUT2D eigenvalue weighted by atomic mass is 9.73. The van der Waals surface area contributed by atoms with Crippen molar-refractivity contribution in [3.05, 3.63) is 54.0 Å². The molecule has 32 heavy (non-hydrogen) atoms. The molecule has 168 valence electrons. The Morgan fingerprint density at radius 3 is 2.75 bits per heavy atom. The van der Waals surface area contributed by atoms with Gasteiger partial charge < -0.3 is 20.4 Å². The molecule has 4 rings (SSSR count). The molecule has 0 radical (unpaired) electrons. The van der Waals surface area contributed by atoms with Gasteiger partial charge in [0.05, 0.1) is 24.1 Å². The normalized spacial score (nSPS) is 22.7. The number of hydrogen-bond donors (Lipinski definition) is 3. The first-order valence-electron chi connectivity index (χ1n) is 10.7. The highest BCUT2D eigenvalue weighted by Crippen LogP contribution is 2.38. The summed E-state index contributed by atoms with van der Waals surface area (Å²) < 4.78 is 5.20. The van der Waals surface area contributed by atoms with Gasteiger partial charge in [-0.05, 0) is 43.0 Å². The number of rotatable bonds is 6. The van der Waals surface area contributed by atoms with Gasteiger partial charge in [-0.25, -0.2) is 4.79 Å². The molecule has 0 unspecified atom stereocenters. The van der Waals surface area contributed by atoms with Gasteiger partial charge in [-0.1, -0.05) is 31.9 Å². The molecule has 9 nitrogen and oxygen atoms in total. The second-order valence-electron chi connectivity index (χ2n) is 8.30. The first-order valence-corrected chi connectivity index (χ1v) is 10.7. The molecule has 3 N–H and O–H groups in total. The number of benzene rings is 1. The van der Waals surface area contributed by atoms with E-state index in [1.807, 2.05) is 6.92 Å². The molecular formula is C23H26N4O5. The number of nitrogens with zero attached hydrogens (tertiary/aromatic N) is 1. The molecule has 9 heteroatoms. The zero-order valence-electron chi connectivity index (χ0n) is 17.8. The van der Waals surface area contributed by atoms with Crippen molar-refractivity contribution >= 4 is 29.4 Å². The zero-order valence-corrected chi connectivity index (χ0v) is 17.8. The van der Waals surface area contributed by atoms with E-state index in [0.29, 0.717) is 17.9 Å². The van der Waals surface area contributed by atoms with Crippen molar-refractivity contribution in [2.45, 2.75) is 44.7 Å². The molecule has 1 aliphatic carbocycles. The number of amides is 5. The lowest BCUT2D eigenvalue weighted by Gasteiger charge is -2.36. The molecule has 1 spiro atoms. The molecule has 1 aliphatic heterocycles. The highest BCUT2D eigenvalue weighted by Gasteiger charge is 2.55. The third kappa shape index (κ3) is 4.10. The van der Waals surface area contributed by atoms with Crippen LogP contribution >= 0.6 is 0 Å². The molecule has 2 heterocycles. The fourth-order valence-corrected chi connectivity index (χ4v) is 4.44. The molecule has 2 aliphatic rings. The third-order valence-electron chi connectivity index (χ3n) is 6.25. The highest BCUT2D eigenvalue weighted by molar-refractivity contribution is 6.11. The van der Waals surface area contributed by atoms with E-state index < -0.39 is 24.0 Å². The maximum Gasteiger partial charge on any atom is 0.325 e. The summed E-state index contributed by atoms with van der Waals surface area (Å²) in [6.07, 6.45) is 4.83. The predicted octanol–water partition coefficient (Wildman–Crippen LogP) is 2.65. The van der Waals surface area contributed by atoms with E-state index >= 15 is 0 Å². The smallest absolute Gasteiger partial charge is 0.325 e. The first kappa shape index (κ1) is 21.6. The second kappa shape index (κ2) is 8.86. The molecule has 1 saturated carbocycles. The molecule has 1 saturated heterocycles. The Morgan fingerprint density at radius 1 is 1.19 bits per heavy atom. The molecule has 5 amide bonds. The van der Waals surface area contributed by atoms with E-state index in [2.05, 4.69) is 16.0 Å². The van der Waals surface area contributed by atoms with Crippen molar-refractivity contribution in [3.8, 4) is 0 Å². The van der Waals surface area contributed by atoms with Crippen LogP contribution in [0.5, 0.6) is 0 Å². The molecule has 2 aromatic rings. The van der Waals surface area contributed by atoms with Crippen LogP contribution < -0.4 is 16.0 Å². The van der Waals surface area contributed by atoms with Crippen LogP contribution in [0.2, 0.25) is 0 Å². The van der Waals surface area contributed by atoms with E-state index in [4.69, 9.17) is 4.42 Å². The van der Waals surface area contributed by atoms with Crippen molar-refractivity contribution in [2.24, 2.45) is 5.92 Å². The van der Waals surface area contributed by atoms with Gasteiger partial charge in [0.25, 0.3) is 11.8 Å². The summed E-state index contributed by atoms with van der Waals surface area (Å²) in [7, 11) is 0. The summed E-state index contributed by atoms with van der Waals surface area (Å²) in [6.45, 7) is 1.75. The van der Waals surface area contributed by atoms with E-state index in [0.717, 1.165) is 24.2 Å². The number of hydrogen-bond acceptors (Lipinski definition) is 5. The summed E-state index contributed by atoms with van der Waals surface area (Å²) >= 11 is 0. The molecule has 2 atom stereocenters.